The lowest BCUT2D eigenvalue weighted by molar-refractivity contribution is -0.384. The van der Waals surface area contributed by atoms with E-state index in [2.05, 4.69) is 4.90 Å². The number of nitro benzene ring substituents is 1. The van der Waals surface area contributed by atoms with Crippen LogP contribution in [0, 0.1) is 28.4 Å². The third kappa shape index (κ3) is 5.97. The number of non-ortho nitro benzene ring substituents is 1. The van der Waals surface area contributed by atoms with Crippen LogP contribution in [0.5, 0.6) is 0 Å². The Balaban J connectivity index is 0.000000248. The van der Waals surface area contributed by atoms with Crippen molar-refractivity contribution in [2.24, 2.45) is 0 Å². The lowest BCUT2D eigenvalue weighted by Gasteiger charge is -2.22. The van der Waals surface area contributed by atoms with Crippen LogP contribution < -0.4 is 16.4 Å². The van der Waals surface area contributed by atoms with E-state index in [9.17, 15) is 19.7 Å². The highest BCUT2D eigenvalue weighted by atomic mass is 35.5. The van der Waals surface area contributed by atoms with Gasteiger partial charge in [-0.2, -0.15) is 5.26 Å². The summed E-state index contributed by atoms with van der Waals surface area (Å²) in [6.07, 6.45) is 0.714. The first-order valence-corrected chi connectivity index (χ1v) is 11.6. The van der Waals surface area contributed by atoms with Gasteiger partial charge in [-0.3, -0.25) is 24.6 Å². The summed E-state index contributed by atoms with van der Waals surface area (Å²) in [5.41, 5.74) is 15.0. The molecule has 4 rings (SSSR count). The van der Waals surface area contributed by atoms with Crippen LogP contribution in [0.1, 0.15) is 38.3 Å². The number of anilines is 3. The summed E-state index contributed by atoms with van der Waals surface area (Å²) >= 11 is 5.56. The number of hydrogen-bond donors (Lipinski definition) is 2. The van der Waals surface area contributed by atoms with Gasteiger partial charge in [-0.1, -0.05) is 23.7 Å². The van der Waals surface area contributed by atoms with Crippen molar-refractivity contribution in [3.05, 3.63) is 92.0 Å². The Hall–Kier alpha value is -4.62. The van der Waals surface area contributed by atoms with E-state index >= 15 is 0 Å². The molecule has 1 heterocycles. The van der Waals surface area contributed by atoms with Crippen LogP contribution in [-0.4, -0.2) is 41.8 Å². The molecule has 11 heteroatoms. The molecule has 10 nitrogen and oxygen atoms in total. The molecule has 190 valence electrons. The van der Waals surface area contributed by atoms with E-state index in [0.29, 0.717) is 24.1 Å². The van der Waals surface area contributed by atoms with E-state index in [4.69, 9.17) is 28.3 Å². The highest BCUT2D eigenvalue weighted by Crippen LogP contribution is 2.28. The molecule has 0 fully saturated rings. The number of rotatable bonds is 6. The Labute approximate surface area is 218 Å². The number of carbonyl (C=O) groups is 2. The van der Waals surface area contributed by atoms with Crippen LogP contribution in [0.4, 0.5) is 22.7 Å². The normalized spacial score (nSPS) is 11.9. The zero-order chi connectivity index (χ0) is 27.3. The number of amides is 2. The smallest absolute Gasteiger partial charge is 0.272 e. The van der Waals surface area contributed by atoms with Crippen LogP contribution in [0.15, 0.2) is 54.6 Å². The number of fused-ring (bicyclic) bond motifs is 1. The van der Waals surface area contributed by atoms with E-state index in [1.807, 2.05) is 32.2 Å². The molecule has 3 aromatic rings. The Morgan fingerprint density at radius 1 is 1.08 bits per heavy atom. The summed E-state index contributed by atoms with van der Waals surface area (Å²) in [7, 11) is 1.99. The number of nitrogens with two attached hydrogens (primary N) is 2. The van der Waals surface area contributed by atoms with Crippen LogP contribution in [-0.2, 0) is 0 Å². The van der Waals surface area contributed by atoms with Gasteiger partial charge in [0.1, 0.15) is 6.07 Å². The Morgan fingerprint density at radius 3 is 2.24 bits per heavy atom. The maximum atomic E-state index is 12.3. The minimum Gasteiger partial charge on any atom is -0.399 e. The summed E-state index contributed by atoms with van der Waals surface area (Å²) in [6.45, 7) is 3.15. The molecule has 0 bridgehead atoms. The second-order valence-corrected chi connectivity index (χ2v) is 8.79. The van der Waals surface area contributed by atoms with Crippen molar-refractivity contribution >= 4 is 46.2 Å². The summed E-state index contributed by atoms with van der Waals surface area (Å²) in [4.78, 5) is 37.8. The van der Waals surface area contributed by atoms with Gasteiger partial charge in [0.05, 0.1) is 32.3 Å². The lowest BCUT2D eigenvalue weighted by atomic mass is 10.1. The molecule has 4 N–H and O–H groups in total. The zero-order valence-electron chi connectivity index (χ0n) is 20.3. The third-order valence-electron chi connectivity index (χ3n) is 5.89. The van der Waals surface area contributed by atoms with Gasteiger partial charge in [0.2, 0.25) is 0 Å². The monoisotopic (exact) mass is 520 g/mol. The zero-order valence-corrected chi connectivity index (χ0v) is 21.0. The molecular weight excluding hydrogens is 496 g/mol. The van der Waals surface area contributed by atoms with Crippen molar-refractivity contribution in [2.75, 3.05) is 36.5 Å². The van der Waals surface area contributed by atoms with Crippen molar-refractivity contribution in [1.29, 1.82) is 5.26 Å². The van der Waals surface area contributed by atoms with Crippen LogP contribution in [0.25, 0.3) is 0 Å². The third-order valence-corrected chi connectivity index (χ3v) is 6.21. The summed E-state index contributed by atoms with van der Waals surface area (Å²) < 4.78 is 0. The van der Waals surface area contributed by atoms with Gasteiger partial charge in [-0.15, -0.1) is 0 Å². The van der Waals surface area contributed by atoms with E-state index < -0.39 is 4.92 Å². The van der Waals surface area contributed by atoms with Crippen LogP contribution >= 0.6 is 11.6 Å². The number of imide groups is 1. The first-order chi connectivity index (χ1) is 17.5. The number of nitrogen functional groups attached to an aromatic ring is 2. The fourth-order valence-corrected chi connectivity index (χ4v) is 3.95. The highest BCUT2D eigenvalue weighted by Gasteiger charge is 2.34. The lowest BCUT2D eigenvalue weighted by Crippen LogP contribution is -2.32. The largest absolute Gasteiger partial charge is 0.399 e. The standard InChI is InChI=1S/C19H21N3O2.C7H4ClN3O2/c1-13-12-14(8-9-17(13)20)21(2)10-5-11-22-18(23)15-6-3-4-7-16(15)19(22)24;8-6-2-5(11(12)13)1-4(3-9)7(6)10/h3-4,6-9,12H,5,10-11,20H2,1-2H3;1-2H,10H2. The van der Waals surface area contributed by atoms with Gasteiger partial charge in [-0.05, 0) is 49.2 Å². The van der Waals surface area contributed by atoms with Crippen LogP contribution in [0.2, 0.25) is 5.02 Å². The molecule has 1 aliphatic rings. The van der Waals surface area contributed by atoms with Crippen molar-refractivity contribution in [1.82, 2.24) is 4.90 Å². The van der Waals surface area contributed by atoms with Crippen molar-refractivity contribution in [3.8, 4) is 6.07 Å². The predicted octanol–water partition coefficient (Wildman–Crippen LogP) is 4.40. The topological polar surface area (TPSA) is 160 Å². The SMILES string of the molecule is Cc1cc(N(C)CCCN2C(=O)c3ccccc3C2=O)ccc1N.N#Cc1cc([N+](=O)[O-])cc(Cl)c1N. The fraction of sp³-hybridized carbons (Fsp3) is 0.192. The molecule has 0 spiro atoms. The minimum atomic E-state index is -0.633. The molecule has 0 radical (unpaired) electrons. The predicted molar refractivity (Wildman–Crippen MR) is 143 cm³/mol. The molecule has 0 atom stereocenters. The van der Waals surface area contributed by atoms with Gasteiger partial charge in [0, 0.05) is 43.6 Å². The summed E-state index contributed by atoms with van der Waals surface area (Å²) in [5.74, 6) is -0.386. The van der Waals surface area contributed by atoms with Crippen molar-refractivity contribution < 1.29 is 14.5 Å². The average molecular weight is 521 g/mol. The number of benzene rings is 3. The van der Waals surface area contributed by atoms with E-state index in [-0.39, 0.29) is 33.8 Å². The molecule has 37 heavy (non-hydrogen) atoms. The van der Waals surface area contributed by atoms with Gasteiger partial charge in [-0.25, -0.2) is 0 Å². The number of halogens is 1. The Kier molecular flexibility index (Phi) is 8.32. The number of nitrogens with zero attached hydrogens (tertiary/aromatic N) is 4. The fourth-order valence-electron chi connectivity index (χ4n) is 3.74. The molecule has 0 unspecified atom stereocenters. The quantitative estimate of drug-likeness (QED) is 0.209. The maximum absolute atomic E-state index is 12.3. The van der Waals surface area contributed by atoms with Gasteiger partial charge in [0.25, 0.3) is 17.5 Å². The molecule has 0 aliphatic carbocycles. The number of hydrogen-bond acceptors (Lipinski definition) is 8. The molecule has 0 saturated heterocycles. The number of nitriles is 1. The molecule has 3 aromatic carbocycles. The number of aryl methyl sites for hydroxylation is 1. The van der Waals surface area contributed by atoms with Crippen LogP contribution in [0.3, 0.4) is 0 Å². The van der Waals surface area contributed by atoms with Crippen molar-refractivity contribution in [2.45, 2.75) is 13.3 Å². The van der Waals surface area contributed by atoms with Gasteiger partial charge in [0.15, 0.2) is 0 Å². The van der Waals surface area contributed by atoms with Gasteiger partial charge >= 0.3 is 0 Å². The molecule has 0 saturated carbocycles. The molecule has 1 aliphatic heterocycles. The van der Waals surface area contributed by atoms with E-state index in [1.165, 1.54) is 4.90 Å². The number of nitro groups is 1. The van der Waals surface area contributed by atoms with Gasteiger partial charge < -0.3 is 16.4 Å². The molecule has 2 amide bonds. The Bertz CT molecular complexity index is 1380. The van der Waals surface area contributed by atoms with E-state index in [1.54, 1.807) is 30.3 Å². The van der Waals surface area contributed by atoms with E-state index in [0.717, 1.165) is 35.6 Å². The summed E-state index contributed by atoms with van der Waals surface area (Å²) in [5, 5.41) is 18.9. The summed E-state index contributed by atoms with van der Waals surface area (Å²) in [6, 6.07) is 16.8. The maximum Gasteiger partial charge on any atom is 0.272 e. The first kappa shape index (κ1) is 27.0. The highest BCUT2D eigenvalue weighted by molar-refractivity contribution is 6.33. The Morgan fingerprint density at radius 2 is 1.70 bits per heavy atom. The molecular formula is C26H25ClN6O4. The average Bonchev–Trinajstić information content (AvgIpc) is 3.12. The first-order valence-electron chi connectivity index (χ1n) is 11.2. The second kappa shape index (κ2) is 11.4. The van der Waals surface area contributed by atoms with Crippen molar-refractivity contribution in [3.63, 3.8) is 0 Å². The molecule has 0 aromatic heterocycles. The second-order valence-electron chi connectivity index (χ2n) is 8.38. The number of carbonyl (C=O) groups excluding carboxylic acids is 2. The minimum absolute atomic E-state index is 0.0131.